The van der Waals surface area contributed by atoms with Crippen LogP contribution >= 0.6 is 11.6 Å². The zero-order valence-corrected chi connectivity index (χ0v) is 22.3. The molecule has 3 aromatic rings. The van der Waals surface area contributed by atoms with Crippen LogP contribution in [0.2, 0.25) is 5.02 Å². The molecule has 1 aliphatic heterocycles. The summed E-state index contributed by atoms with van der Waals surface area (Å²) in [6.07, 6.45) is 1.06. The first-order chi connectivity index (χ1) is 18.3. The molecule has 10 heteroatoms. The summed E-state index contributed by atoms with van der Waals surface area (Å²) in [5, 5.41) is 16.2. The van der Waals surface area contributed by atoms with Gasteiger partial charge in [-0.15, -0.1) is 0 Å². The van der Waals surface area contributed by atoms with Crippen molar-refractivity contribution in [3.05, 3.63) is 101 Å². The van der Waals surface area contributed by atoms with Gasteiger partial charge >= 0.3 is 0 Å². The maximum Gasteiger partial charge on any atom is 0.251 e. The lowest BCUT2D eigenvalue weighted by atomic mass is 10.1. The number of benzene rings is 3. The molecule has 200 valence electrons. The van der Waals surface area contributed by atoms with Gasteiger partial charge in [-0.1, -0.05) is 54.1 Å². The van der Waals surface area contributed by atoms with Crippen LogP contribution in [0, 0.1) is 0 Å². The van der Waals surface area contributed by atoms with E-state index in [-0.39, 0.29) is 29.8 Å². The van der Waals surface area contributed by atoms with Crippen molar-refractivity contribution in [2.75, 3.05) is 13.1 Å². The molecule has 1 saturated heterocycles. The van der Waals surface area contributed by atoms with Crippen LogP contribution in [-0.2, 0) is 21.4 Å². The van der Waals surface area contributed by atoms with Gasteiger partial charge in [0.1, 0.15) is 6.04 Å². The average Bonchev–Trinajstić information content (AvgIpc) is 3.15. The molecule has 4 rings (SSSR count). The predicted molar refractivity (Wildman–Crippen MR) is 145 cm³/mol. The molecule has 0 aliphatic carbocycles. The summed E-state index contributed by atoms with van der Waals surface area (Å²) in [7, 11) is -4.03. The van der Waals surface area contributed by atoms with Crippen molar-refractivity contribution in [3.8, 4) is 0 Å². The number of amides is 2. The van der Waals surface area contributed by atoms with E-state index in [4.69, 9.17) is 11.6 Å². The maximum atomic E-state index is 13.7. The fourth-order valence-corrected chi connectivity index (χ4v) is 6.06. The Morgan fingerprint density at radius 3 is 2.39 bits per heavy atom. The molecular formula is C28H30ClN3O5S. The van der Waals surface area contributed by atoms with Gasteiger partial charge in [-0.2, -0.15) is 4.31 Å². The summed E-state index contributed by atoms with van der Waals surface area (Å²) in [4.78, 5) is 25.5. The lowest BCUT2D eigenvalue weighted by Crippen LogP contribution is -2.48. The monoisotopic (exact) mass is 555 g/mol. The van der Waals surface area contributed by atoms with E-state index < -0.39 is 22.2 Å². The van der Waals surface area contributed by atoms with Gasteiger partial charge in [0, 0.05) is 30.2 Å². The van der Waals surface area contributed by atoms with Gasteiger partial charge in [0.05, 0.1) is 11.0 Å². The summed E-state index contributed by atoms with van der Waals surface area (Å²) in [6, 6.07) is 20.6. The highest BCUT2D eigenvalue weighted by Crippen LogP contribution is 2.26. The van der Waals surface area contributed by atoms with Gasteiger partial charge in [-0.25, -0.2) is 8.42 Å². The van der Waals surface area contributed by atoms with Crippen molar-refractivity contribution in [1.82, 2.24) is 14.9 Å². The third-order valence-corrected chi connectivity index (χ3v) is 8.59. The molecule has 1 aliphatic rings. The minimum atomic E-state index is -4.03. The molecule has 0 spiro atoms. The Hall–Kier alpha value is -3.24. The fourth-order valence-electron chi connectivity index (χ4n) is 4.33. The Labute approximate surface area is 227 Å². The first-order valence-corrected chi connectivity index (χ1v) is 14.2. The van der Waals surface area contributed by atoms with Crippen LogP contribution in [0.3, 0.4) is 0 Å². The molecule has 0 saturated carbocycles. The molecule has 8 nitrogen and oxygen atoms in total. The summed E-state index contributed by atoms with van der Waals surface area (Å²) in [5.41, 5.74) is 1.70. The molecule has 3 aromatic carbocycles. The molecule has 0 radical (unpaired) electrons. The molecule has 2 atom stereocenters. The number of halogens is 1. The SMILES string of the molecule is O=C(NCC(O)c1ccccc1)c1ccc(CN([C@@H]2CCCCNC2=O)S(=O)(=O)c2ccc(Cl)cc2)cc1. The van der Waals surface area contributed by atoms with Crippen LogP contribution < -0.4 is 10.6 Å². The van der Waals surface area contributed by atoms with Gasteiger partial charge in [-0.3, -0.25) is 9.59 Å². The van der Waals surface area contributed by atoms with E-state index in [0.717, 1.165) is 6.42 Å². The average molecular weight is 556 g/mol. The molecule has 38 heavy (non-hydrogen) atoms. The maximum absolute atomic E-state index is 13.7. The molecule has 0 aromatic heterocycles. The molecule has 1 fully saturated rings. The van der Waals surface area contributed by atoms with Crippen LogP contribution in [-0.4, -0.2) is 48.8 Å². The highest BCUT2D eigenvalue weighted by molar-refractivity contribution is 7.89. The third-order valence-electron chi connectivity index (χ3n) is 6.47. The van der Waals surface area contributed by atoms with Crippen molar-refractivity contribution in [2.24, 2.45) is 0 Å². The fraction of sp³-hybridized carbons (Fsp3) is 0.286. The van der Waals surface area contributed by atoms with Crippen molar-refractivity contribution < 1.29 is 23.1 Å². The number of rotatable bonds is 9. The number of sulfonamides is 1. The number of aliphatic hydroxyl groups is 1. The quantitative estimate of drug-likeness (QED) is 0.373. The van der Waals surface area contributed by atoms with Gasteiger partial charge in [0.25, 0.3) is 5.91 Å². The minimum absolute atomic E-state index is 0.0440. The van der Waals surface area contributed by atoms with Gasteiger partial charge in [0.2, 0.25) is 15.9 Å². The lowest BCUT2D eigenvalue weighted by molar-refractivity contribution is -0.124. The molecule has 2 amide bonds. The first kappa shape index (κ1) is 27.8. The second kappa shape index (κ2) is 12.5. The summed E-state index contributed by atoms with van der Waals surface area (Å²) in [6.45, 7) is 0.513. The Bertz CT molecular complexity index is 1350. The zero-order chi connectivity index (χ0) is 27.1. The smallest absolute Gasteiger partial charge is 0.251 e. The van der Waals surface area contributed by atoms with E-state index >= 15 is 0 Å². The minimum Gasteiger partial charge on any atom is -0.387 e. The van der Waals surface area contributed by atoms with Crippen molar-refractivity contribution in [2.45, 2.75) is 42.8 Å². The van der Waals surface area contributed by atoms with Crippen molar-refractivity contribution >= 4 is 33.4 Å². The number of hydrogen-bond acceptors (Lipinski definition) is 5. The second-order valence-corrected chi connectivity index (χ2v) is 11.5. The van der Waals surface area contributed by atoms with Gasteiger partial charge in [0.15, 0.2) is 0 Å². The van der Waals surface area contributed by atoms with E-state index in [1.54, 1.807) is 36.4 Å². The molecule has 1 unspecified atom stereocenters. The van der Waals surface area contributed by atoms with E-state index in [0.29, 0.717) is 41.1 Å². The van der Waals surface area contributed by atoms with Crippen LogP contribution in [0.25, 0.3) is 0 Å². The van der Waals surface area contributed by atoms with Crippen LogP contribution in [0.15, 0.2) is 83.8 Å². The van der Waals surface area contributed by atoms with Crippen molar-refractivity contribution in [3.63, 3.8) is 0 Å². The number of carbonyl (C=O) groups excluding carboxylic acids is 2. The summed E-state index contributed by atoms with van der Waals surface area (Å²) >= 11 is 5.96. The normalized spacial score (nSPS) is 16.9. The Morgan fingerprint density at radius 1 is 1.03 bits per heavy atom. The van der Waals surface area contributed by atoms with Crippen molar-refractivity contribution in [1.29, 1.82) is 0 Å². The molecule has 3 N–H and O–H groups in total. The first-order valence-electron chi connectivity index (χ1n) is 12.4. The largest absolute Gasteiger partial charge is 0.387 e. The standard InChI is InChI=1S/C28H30ClN3O5S/c29-23-13-15-24(16-14-23)38(36,37)32(25-8-4-5-17-30-28(25)35)19-20-9-11-22(12-10-20)27(34)31-18-26(33)21-6-2-1-3-7-21/h1-3,6-7,9-16,25-26,33H,4-5,8,17-19H2,(H,30,35)(H,31,34)/t25-,26?/m1/s1. The number of carbonyl (C=O) groups is 2. The predicted octanol–water partition coefficient (Wildman–Crippen LogP) is 3.66. The van der Waals surface area contributed by atoms with Crippen LogP contribution in [0.5, 0.6) is 0 Å². The number of nitrogens with one attached hydrogen (secondary N) is 2. The Balaban J connectivity index is 1.51. The van der Waals surface area contributed by atoms with Gasteiger partial charge in [-0.05, 0) is 66.8 Å². The van der Waals surface area contributed by atoms with Crippen LogP contribution in [0.1, 0.15) is 46.9 Å². The zero-order valence-electron chi connectivity index (χ0n) is 20.7. The number of hydrogen-bond donors (Lipinski definition) is 3. The Kier molecular flexibility index (Phi) is 9.17. The number of nitrogens with zero attached hydrogens (tertiary/aromatic N) is 1. The topological polar surface area (TPSA) is 116 Å². The highest BCUT2D eigenvalue weighted by atomic mass is 35.5. The van der Waals surface area contributed by atoms with E-state index in [1.807, 2.05) is 18.2 Å². The summed E-state index contributed by atoms with van der Waals surface area (Å²) in [5.74, 6) is -0.687. The van der Waals surface area contributed by atoms with E-state index in [2.05, 4.69) is 10.6 Å². The van der Waals surface area contributed by atoms with E-state index in [9.17, 15) is 23.1 Å². The third kappa shape index (κ3) is 6.79. The number of aliphatic hydroxyl groups excluding tert-OH is 1. The second-order valence-electron chi connectivity index (χ2n) is 9.14. The molecule has 0 bridgehead atoms. The van der Waals surface area contributed by atoms with Gasteiger partial charge < -0.3 is 15.7 Å². The highest BCUT2D eigenvalue weighted by Gasteiger charge is 2.36. The molecular weight excluding hydrogens is 526 g/mol. The summed E-state index contributed by atoms with van der Waals surface area (Å²) < 4.78 is 28.5. The molecule has 1 heterocycles. The van der Waals surface area contributed by atoms with E-state index in [1.165, 1.54) is 28.6 Å². The lowest BCUT2D eigenvalue weighted by Gasteiger charge is -2.29. The Morgan fingerprint density at radius 2 is 1.71 bits per heavy atom. The van der Waals surface area contributed by atoms with Crippen LogP contribution in [0.4, 0.5) is 0 Å².